The lowest BCUT2D eigenvalue weighted by atomic mass is 10.2. The topological polar surface area (TPSA) is 22.8 Å². The van der Waals surface area contributed by atoms with Gasteiger partial charge in [-0.05, 0) is 12.1 Å². The van der Waals surface area contributed by atoms with E-state index < -0.39 is 0 Å². The van der Waals surface area contributed by atoms with Crippen LogP contribution in [-0.2, 0) is 12.8 Å². The normalized spacial score (nSPS) is 8.46. The fraction of sp³-hybridized carbons (Fsp3) is 0.222. The second-order valence-corrected chi connectivity index (χ2v) is 2.46. The minimum atomic E-state index is 0.645. The summed E-state index contributed by atoms with van der Waals surface area (Å²) in [6, 6.07) is 7.98. The molecule has 0 atom stereocenters. The van der Waals surface area contributed by atoms with Crippen LogP contribution in [0.15, 0.2) is 18.2 Å². The van der Waals surface area contributed by atoms with Gasteiger partial charge in [-0.1, -0.05) is 0 Å². The summed E-state index contributed by atoms with van der Waals surface area (Å²) in [5.74, 6) is 1.32. The molecular formula is C9H9NO2S. The predicted octanol–water partition coefficient (Wildman–Crippen LogP) is 1.85. The smallest absolute Gasteiger partial charge is 0.291 e. The van der Waals surface area contributed by atoms with E-state index in [0.29, 0.717) is 11.5 Å². The van der Waals surface area contributed by atoms with Crippen LogP contribution >= 0.6 is 0 Å². The quantitative estimate of drug-likeness (QED) is 0.672. The van der Waals surface area contributed by atoms with Crippen LogP contribution in [0.3, 0.4) is 0 Å². The zero-order valence-electron chi connectivity index (χ0n) is 7.40. The Labute approximate surface area is 82.6 Å². The van der Waals surface area contributed by atoms with E-state index in [4.69, 9.17) is 9.47 Å². The van der Waals surface area contributed by atoms with E-state index >= 15 is 0 Å². The van der Waals surface area contributed by atoms with Crippen molar-refractivity contribution in [1.82, 2.24) is 0 Å². The second-order valence-electron chi connectivity index (χ2n) is 2.27. The van der Waals surface area contributed by atoms with Crippen LogP contribution in [0.4, 0.5) is 0 Å². The molecule has 0 aromatic heterocycles. The molecule has 68 valence electrons. The Hall–Kier alpha value is -1.47. The lowest BCUT2D eigenvalue weighted by molar-refractivity contribution is 0.355. The molecule has 0 saturated heterocycles. The van der Waals surface area contributed by atoms with Crippen LogP contribution in [0, 0.1) is 6.07 Å². The summed E-state index contributed by atoms with van der Waals surface area (Å²) in [4.78, 5) is 0. The maximum absolute atomic E-state index is 5.08. The summed E-state index contributed by atoms with van der Waals surface area (Å²) in [6.07, 6.45) is 0. The molecule has 0 aliphatic heterocycles. The Morgan fingerprint density at radius 1 is 1.23 bits per heavy atom. The number of benzene rings is 1. The third-order valence-corrected chi connectivity index (χ3v) is 1.65. The number of ether oxygens (including phenoxy) is 2. The Bertz CT molecular complexity index is 354. The van der Waals surface area contributed by atoms with Crippen molar-refractivity contribution in [1.29, 1.82) is 0 Å². The third-order valence-electron chi connectivity index (χ3n) is 1.56. The van der Waals surface area contributed by atoms with Gasteiger partial charge in [0.2, 0.25) is 0 Å². The number of rotatable bonds is 2. The first-order valence-corrected chi connectivity index (χ1v) is 3.98. The number of hydrogen-bond donors (Lipinski definition) is 0. The van der Waals surface area contributed by atoms with E-state index in [1.54, 1.807) is 32.4 Å². The van der Waals surface area contributed by atoms with Gasteiger partial charge in [-0.2, -0.15) is 4.25 Å². The van der Waals surface area contributed by atoms with Crippen molar-refractivity contribution >= 4 is 12.8 Å². The first-order chi connectivity index (χ1) is 6.31. The molecule has 0 saturated carbocycles. The van der Waals surface area contributed by atoms with Gasteiger partial charge >= 0.3 is 0 Å². The summed E-state index contributed by atoms with van der Waals surface area (Å²) in [5.41, 5.74) is 0.771. The fourth-order valence-corrected chi connectivity index (χ4v) is 1.06. The van der Waals surface area contributed by atoms with Crippen molar-refractivity contribution in [3.8, 4) is 17.6 Å². The zero-order valence-corrected chi connectivity index (χ0v) is 8.22. The van der Waals surface area contributed by atoms with Gasteiger partial charge in [-0.25, -0.2) is 0 Å². The maximum atomic E-state index is 5.08. The van der Waals surface area contributed by atoms with E-state index in [0.717, 1.165) is 5.56 Å². The van der Waals surface area contributed by atoms with E-state index in [1.165, 1.54) is 0 Å². The average Bonchev–Trinajstić information content (AvgIpc) is 2.18. The van der Waals surface area contributed by atoms with E-state index in [-0.39, 0.29) is 0 Å². The molecule has 0 N–H and O–H groups in total. The van der Waals surface area contributed by atoms with Crippen LogP contribution in [0.1, 0.15) is 5.56 Å². The molecule has 0 heterocycles. The summed E-state index contributed by atoms with van der Waals surface area (Å²) in [5, 5.41) is 0. The van der Waals surface area contributed by atoms with E-state index in [2.05, 4.69) is 23.1 Å². The fourth-order valence-electron chi connectivity index (χ4n) is 0.958. The largest absolute Gasteiger partial charge is 0.493 e. The third kappa shape index (κ3) is 2.23. The lowest BCUT2D eigenvalue weighted by Gasteiger charge is -2.05. The monoisotopic (exact) mass is 195 g/mol. The Morgan fingerprint density at radius 2 is 1.92 bits per heavy atom. The Morgan fingerprint density at radius 3 is 2.46 bits per heavy atom. The van der Waals surface area contributed by atoms with Crippen LogP contribution in [0.25, 0.3) is 4.25 Å². The molecule has 0 fully saturated rings. The first kappa shape index (κ1) is 9.62. The molecule has 0 unspecified atom stereocenters. The molecule has 0 radical (unpaired) electrons. The highest BCUT2D eigenvalue weighted by atomic mass is 32.1. The predicted molar refractivity (Wildman–Crippen MR) is 53.3 cm³/mol. The van der Waals surface area contributed by atoms with Gasteiger partial charge in [0, 0.05) is 6.07 Å². The standard InChI is InChI=1S/C9H9NO2S/c1-11-8-4-3-7(6-10-13)5-9(8)12-2/h3-5H,1-2H3. The first-order valence-electron chi connectivity index (χ1n) is 3.62. The van der Waals surface area contributed by atoms with Crippen molar-refractivity contribution in [3.05, 3.63) is 28.0 Å². The Balaban J connectivity index is 3.10. The summed E-state index contributed by atoms with van der Waals surface area (Å²) >= 11 is 4.42. The molecule has 0 amide bonds. The highest BCUT2D eigenvalue weighted by Gasteiger charge is 2.04. The molecule has 0 aliphatic rings. The van der Waals surface area contributed by atoms with Crippen LogP contribution in [-0.4, -0.2) is 14.2 Å². The number of nitrogens with zero attached hydrogens (tertiary/aromatic N) is 1. The van der Waals surface area contributed by atoms with Gasteiger partial charge < -0.3 is 9.47 Å². The van der Waals surface area contributed by atoms with Crippen molar-refractivity contribution in [2.24, 2.45) is 0 Å². The lowest BCUT2D eigenvalue weighted by Crippen LogP contribution is -1.90. The molecule has 0 aliphatic carbocycles. The van der Waals surface area contributed by atoms with Gasteiger partial charge in [0.1, 0.15) is 5.56 Å². The van der Waals surface area contributed by atoms with Crippen LogP contribution in [0.2, 0.25) is 0 Å². The highest BCUT2D eigenvalue weighted by Crippen LogP contribution is 2.27. The number of methoxy groups -OCH3 is 2. The Kier molecular flexibility index (Phi) is 3.35. The molecule has 0 spiro atoms. The van der Waals surface area contributed by atoms with E-state index in [9.17, 15) is 0 Å². The van der Waals surface area contributed by atoms with Gasteiger partial charge in [0.15, 0.2) is 11.5 Å². The summed E-state index contributed by atoms with van der Waals surface area (Å²) < 4.78 is 13.5. The highest BCUT2D eigenvalue weighted by molar-refractivity contribution is 7.61. The van der Waals surface area contributed by atoms with Gasteiger partial charge in [-0.15, -0.1) is 0 Å². The van der Waals surface area contributed by atoms with Crippen LogP contribution in [0.5, 0.6) is 11.5 Å². The van der Waals surface area contributed by atoms with Gasteiger partial charge in [0.05, 0.1) is 14.2 Å². The maximum Gasteiger partial charge on any atom is 0.291 e. The molecule has 0 bridgehead atoms. The minimum absolute atomic E-state index is 0.645. The van der Waals surface area contributed by atoms with Crippen LogP contribution < -0.4 is 9.47 Å². The van der Waals surface area contributed by atoms with Crippen molar-refractivity contribution in [3.63, 3.8) is 0 Å². The molecule has 4 heteroatoms. The molecule has 3 nitrogen and oxygen atoms in total. The minimum Gasteiger partial charge on any atom is -0.493 e. The zero-order chi connectivity index (χ0) is 9.68. The molecular weight excluding hydrogens is 186 g/mol. The van der Waals surface area contributed by atoms with Gasteiger partial charge in [0.25, 0.3) is 6.07 Å². The average molecular weight is 195 g/mol. The summed E-state index contributed by atoms with van der Waals surface area (Å²) in [7, 11) is 3.16. The van der Waals surface area contributed by atoms with Crippen molar-refractivity contribution in [2.75, 3.05) is 14.2 Å². The van der Waals surface area contributed by atoms with Crippen molar-refractivity contribution < 1.29 is 9.47 Å². The molecule has 1 aromatic carbocycles. The number of hydrogen-bond acceptors (Lipinski definition) is 3. The molecule has 13 heavy (non-hydrogen) atoms. The van der Waals surface area contributed by atoms with Crippen molar-refractivity contribution in [2.45, 2.75) is 0 Å². The van der Waals surface area contributed by atoms with E-state index in [1.807, 2.05) is 0 Å². The second kappa shape index (κ2) is 4.53. The molecule has 1 aromatic rings. The van der Waals surface area contributed by atoms with Gasteiger partial charge in [-0.3, -0.25) is 12.8 Å². The summed E-state index contributed by atoms with van der Waals surface area (Å²) in [6.45, 7) is 0. The SMILES string of the molecule is COc1ccc(C#[N+][S-])cc1OC. The molecule has 1 rings (SSSR count).